The number of allylic oxidation sites excluding steroid dienone is 1. The zero-order valence-corrected chi connectivity index (χ0v) is 21.1. The Labute approximate surface area is 205 Å². The highest BCUT2D eigenvalue weighted by molar-refractivity contribution is 14.1. The average molecular weight is 677 g/mol. The Morgan fingerprint density at radius 1 is 1.04 bits per heavy atom. The number of nitrogens with zero attached hydrogens (tertiary/aromatic N) is 1. The smallest absolute Gasteiger partial charge is 0.146 e. The van der Waals surface area contributed by atoms with E-state index in [-0.39, 0.29) is 0 Å². The number of ether oxygens (including phenoxy) is 1. The molecule has 2 nitrogen and oxygen atoms in total. The van der Waals surface area contributed by atoms with Gasteiger partial charge in [-0.05, 0) is 104 Å². The number of nitriles is 1. The van der Waals surface area contributed by atoms with Gasteiger partial charge < -0.3 is 4.74 Å². The molecule has 3 aromatic rings. The maximum atomic E-state index is 9.57. The third-order valence-corrected chi connectivity index (χ3v) is 6.29. The summed E-state index contributed by atoms with van der Waals surface area (Å²) < 4.78 is 9.01. The maximum Gasteiger partial charge on any atom is 0.146 e. The summed E-state index contributed by atoms with van der Waals surface area (Å²) in [7, 11) is 0. The second-order valence-electron chi connectivity index (χ2n) is 5.91. The predicted octanol–water partition coefficient (Wildman–Crippen LogP) is 7.95. The molecule has 0 unspecified atom stereocenters. The van der Waals surface area contributed by atoms with E-state index in [4.69, 9.17) is 16.3 Å². The molecule has 0 bridgehead atoms. The van der Waals surface area contributed by atoms with Gasteiger partial charge in [0.05, 0.1) is 18.8 Å². The van der Waals surface area contributed by atoms with E-state index in [1.165, 1.54) is 0 Å². The van der Waals surface area contributed by atoms with Crippen molar-refractivity contribution in [1.82, 2.24) is 0 Å². The van der Waals surface area contributed by atoms with E-state index in [1.54, 1.807) is 0 Å². The van der Waals surface area contributed by atoms with Crippen molar-refractivity contribution in [2.75, 3.05) is 0 Å². The predicted molar refractivity (Wildman–Crippen MR) is 135 cm³/mol. The summed E-state index contributed by atoms with van der Waals surface area (Å²) >= 11 is 13.9. The van der Waals surface area contributed by atoms with Crippen molar-refractivity contribution >= 4 is 84.4 Å². The lowest BCUT2D eigenvalue weighted by atomic mass is 10.0. The van der Waals surface area contributed by atoms with Crippen LogP contribution in [0.5, 0.6) is 5.75 Å². The molecule has 28 heavy (non-hydrogen) atoms. The fourth-order valence-electron chi connectivity index (χ4n) is 2.51. The van der Waals surface area contributed by atoms with E-state index in [9.17, 15) is 5.26 Å². The van der Waals surface area contributed by atoms with Gasteiger partial charge in [0, 0.05) is 9.50 Å². The largest absolute Gasteiger partial charge is 0.487 e. The summed E-state index contributed by atoms with van der Waals surface area (Å²) in [5, 5.41) is 10.3. The van der Waals surface area contributed by atoms with Crippen molar-refractivity contribution in [2.24, 2.45) is 0 Å². The number of benzene rings is 3. The van der Waals surface area contributed by atoms with Gasteiger partial charge >= 0.3 is 0 Å². The number of halogens is 4. The molecule has 0 heterocycles. The Morgan fingerprint density at radius 2 is 1.64 bits per heavy atom. The van der Waals surface area contributed by atoms with Crippen LogP contribution in [0.2, 0.25) is 5.02 Å². The standard InChI is InChI=1S/C22H13BrClI2NO/c23-18-5-3-16(4-6-18)17(12-27)9-15-10-20(25)22(21(26)11-15)28-13-14-1-7-19(24)8-2-14/h1-11H,13H2/b17-9-. The minimum Gasteiger partial charge on any atom is -0.487 e. The molecule has 3 rings (SSSR count). The molecule has 140 valence electrons. The van der Waals surface area contributed by atoms with Gasteiger partial charge in [-0.25, -0.2) is 0 Å². The van der Waals surface area contributed by atoms with Crippen molar-refractivity contribution in [3.8, 4) is 11.8 Å². The minimum atomic E-state index is 0.473. The molecule has 0 aromatic heterocycles. The molecular weight excluding hydrogens is 663 g/mol. The molecular formula is C22H13BrClI2NO. The van der Waals surface area contributed by atoms with Crippen LogP contribution in [0.15, 0.2) is 65.1 Å². The summed E-state index contributed by atoms with van der Waals surface area (Å²) in [6.07, 6.45) is 1.90. The van der Waals surface area contributed by atoms with Crippen molar-refractivity contribution in [3.63, 3.8) is 0 Å². The molecule has 3 aromatic carbocycles. The summed E-state index contributed by atoms with van der Waals surface area (Å²) in [5.41, 5.74) is 3.53. The molecule has 0 amide bonds. The Bertz CT molecular complexity index is 1030. The zero-order valence-electron chi connectivity index (χ0n) is 14.4. The van der Waals surface area contributed by atoms with E-state index < -0.39 is 0 Å². The van der Waals surface area contributed by atoms with Crippen LogP contribution in [-0.4, -0.2) is 0 Å². The lowest BCUT2D eigenvalue weighted by molar-refractivity contribution is 0.302. The van der Waals surface area contributed by atoms with Crippen molar-refractivity contribution in [2.45, 2.75) is 6.61 Å². The zero-order chi connectivity index (χ0) is 20.1. The molecule has 0 radical (unpaired) electrons. The Kier molecular flexibility index (Phi) is 7.80. The van der Waals surface area contributed by atoms with Gasteiger partial charge in [-0.1, -0.05) is 51.8 Å². The molecule has 0 fully saturated rings. The third-order valence-electron chi connectivity index (χ3n) is 3.90. The summed E-state index contributed by atoms with van der Waals surface area (Å²) in [6, 6.07) is 21.7. The van der Waals surface area contributed by atoms with Crippen LogP contribution < -0.4 is 4.74 Å². The van der Waals surface area contributed by atoms with Crippen LogP contribution in [0.3, 0.4) is 0 Å². The average Bonchev–Trinajstić information content (AvgIpc) is 2.67. The first-order valence-electron chi connectivity index (χ1n) is 8.20. The van der Waals surface area contributed by atoms with E-state index in [1.807, 2.05) is 66.7 Å². The van der Waals surface area contributed by atoms with Gasteiger partial charge in [-0.15, -0.1) is 0 Å². The van der Waals surface area contributed by atoms with Crippen LogP contribution >= 0.6 is 72.7 Å². The molecule has 0 aliphatic heterocycles. The lowest BCUT2D eigenvalue weighted by Crippen LogP contribution is -1.99. The SMILES string of the molecule is N#C/C(=C/c1cc(I)c(OCc2ccc(Cl)cc2)c(I)c1)c1ccc(Br)cc1. The quantitative estimate of drug-likeness (QED) is 0.156. The topological polar surface area (TPSA) is 33.0 Å². The van der Waals surface area contributed by atoms with Crippen LogP contribution in [0, 0.1) is 18.5 Å². The minimum absolute atomic E-state index is 0.473. The second kappa shape index (κ2) is 10.1. The van der Waals surface area contributed by atoms with E-state index in [0.717, 1.165) is 34.1 Å². The Morgan fingerprint density at radius 3 is 2.21 bits per heavy atom. The summed E-state index contributed by atoms with van der Waals surface area (Å²) in [4.78, 5) is 0. The maximum absolute atomic E-state index is 9.57. The molecule has 0 spiro atoms. The highest BCUT2D eigenvalue weighted by Crippen LogP contribution is 2.31. The fourth-order valence-corrected chi connectivity index (χ4v) is 5.03. The first-order valence-corrected chi connectivity index (χ1v) is 11.5. The van der Waals surface area contributed by atoms with Gasteiger partial charge in [0.1, 0.15) is 12.4 Å². The first-order chi connectivity index (χ1) is 13.5. The van der Waals surface area contributed by atoms with Crippen molar-refractivity contribution < 1.29 is 4.74 Å². The number of rotatable bonds is 5. The molecule has 0 saturated heterocycles. The Hall–Kier alpha value is -1.08. The van der Waals surface area contributed by atoms with E-state index in [2.05, 4.69) is 67.2 Å². The molecule has 0 N–H and O–H groups in total. The molecule has 0 aliphatic rings. The van der Waals surface area contributed by atoms with Gasteiger partial charge in [0.2, 0.25) is 0 Å². The molecule has 0 aliphatic carbocycles. The molecule has 0 saturated carbocycles. The van der Waals surface area contributed by atoms with Crippen LogP contribution in [0.1, 0.15) is 16.7 Å². The van der Waals surface area contributed by atoms with E-state index in [0.29, 0.717) is 17.2 Å². The highest BCUT2D eigenvalue weighted by Gasteiger charge is 2.10. The normalized spacial score (nSPS) is 11.2. The van der Waals surface area contributed by atoms with Crippen LogP contribution in [0.25, 0.3) is 11.6 Å². The van der Waals surface area contributed by atoms with Crippen molar-refractivity contribution in [3.05, 3.63) is 94.0 Å². The fraction of sp³-hybridized carbons (Fsp3) is 0.0455. The molecule has 6 heteroatoms. The van der Waals surface area contributed by atoms with Crippen LogP contribution in [-0.2, 0) is 6.61 Å². The van der Waals surface area contributed by atoms with Gasteiger partial charge in [0.15, 0.2) is 0 Å². The summed E-state index contributed by atoms with van der Waals surface area (Å²) in [6.45, 7) is 0.473. The second-order valence-corrected chi connectivity index (χ2v) is 9.58. The lowest BCUT2D eigenvalue weighted by Gasteiger charge is -2.12. The van der Waals surface area contributed by atoms with Crippen LogP contribution in [0.4, 0.5) is 0 Å². The number of hydrogen-bond donors (Lipinski definition) is 0. The van der Waals surface area contributed by atoms with Gasteiger partial charge in [0.25, 0.3) is 0 Å². The van der Waals surface area contributed by atoms with Crippen molar-refractivity contribution in [1.29, 1.82) is 5.26 Å². The summed E-state index contributed by atoms with van der Waals surface area (Å²) in [5.74, 6) is 0.843. The first kappa shape index (κ1) is 21.6. The molecule has 0 atom stereocenters. The monoisotopic (exact) mass is 675 g/mol. The Balaban J connectivity index is 1.83. The third kappa shape index (κ3) is 5.72. The number of hydrogen-bond acceptors (Lipinski definition) is 2. The highest BCUT2D eigenvalue weighted by atomic mass is 127. The van der Waals surface area contributed by atoms with E-state index >= 15 is 0 Å². The van der Waals surface area contributed by atoms with Gasteiger partial charge in [-0.2, -0.15) is 5.26 Å². The van der Waals surface area contributed by atoms with Gasteiger partial charge in [-0.3, -0.25) is 0 Å².